The second-order valence-electron chi connectivity index (χ2n) is 10.6. The van der Waals surface area contributed by atoms with E-state index in [4.69, 9.17) is 28.6 Å². The van der Waals surface area contributed by atoms with Gasteiger partial charge in [-0.3, -0.25) is 9.88 Å². The Hall–Kier alpha value is -2.19. The minimum Gasteiger partial charge on any atom is -0.379 e. The van der Waals surface area contributed by atoms with Gasteiger partial charge in [-0.2, -0.15) is 0 Å². The van der Waals surface area contributed by atoms with E-state index in [-0.39, 0.29) is 17.6 Å². The first-order chi connectivity index (χ1) is 17.3. The zero-order valence-electron chi connectivity index (χ0n) is 21.6. The molecule has 5 rings (SSSR count). The molecule has 192 valence electrons. The number of ether oxygens (including phenoxy) is 1. The lowest BCUT2D eigenvalue weighted by Gasteiger charge is -2.41. The molecule has 1 aromatic heterocycles. The van der Waals surface area contributed by atoms with Crippen molar-refractivity contribution < 1.29 is 4.74 Å². The summed E-state index contributed by atoms with van der Waals surface area (Å²) >= 11 is 13.0. The van der Waals surface area contributed by atoms with E-state index < -0.39 is 0 Å². The maximum Gasteiger partial charge on any atom is 0.170 e. The fourth-order valence-electron chi connectivity index (χ4n) is 5.69. The summed E-state index contributed by atoms with van der Waals surface area (Å²) in [5.74, 6) is 0. The molecule has 0 amide bonds. The van der Waals surface area contributed by atoms with Gasteiger partial charge in [0.15, 0.2) is 5.11 Å². The Labute approximate surface area is 225 Å². The smallest absolute Gasteiger partial charge is 0.170 e. The topological polar surface area (TPSA) is 43.9 Å². The van der Waals surface area contributed by atoms with Crippen molar-refractivity contribution in [3.8, 4) is 0 Å². The maximum absolute atomic E-state index is 7.08. The van der Waals surface area contributed by atoms with Crippen LogP contribution in [0.1, 0.15) is 56.1 Å². The van der Waals surface area contributed by atoms with Crippen molar-refractivity contribution in [3.63, 3.8) is 0 Å². The number of morpholine rings is 1. The fourth-order valence-corrected chi connectivity index (χ4v) is 6.29. The quantitative estimate of drug-likeness (QED) is 0.529. The number of pyridine rings is 1. The Bertz CT molecular complexity index is 1150. The fraction of sp³-hybridized carbons (Fsp3) is 0.500. The van der Waals surface area contributed by atoms with E-state index in [2.05, 4.69) is 77.1 Å². The van der Waals surface area contributed by atoms with Crippen LogP contribution in [0.4, 0.5) is 5.69 Å². The van der Waals surface area contributed by atoms with Gasteiger partial charge in [-0.15, -0.1) is 0 Å². The third kappa shape index (κ3) is 4.86. The molecule has 1 N–H and O–H groups in total. The first-order valence-corrected chi connectivity index (χ1v) is 13.6. The Morgan fingerprint density at radius 3 is 2.69 bits per heavy atom. The average molecular weight is 526 g/mol. The lowest BCUT2D eigenvalue weighted by molar-refractivity contribution is 0.0365. The summed E-state index contributed by atoms with van der Waals surface area (Å²) in [7, 11) is 2.14. The SMILES string of the molecule is CC1=CC(C)(C)N(C)c2cc(Cl)c([C@@H]3[C@H](c4ccccn4)NC(=S)N3CCCN3CCOCC3)cc21. The molecule has 36 heavy (non-hydrogen) atoms. The molecule has 8 heteroatoms. The largest absolute Gasteiger partial charge is 0.379 e. The first-order valence-electron chi connectivity index (χ1n) is 12.8. The summed E-state index contributed by atoms with van der Waals surface area (Å²) in [6.45, 7) is 12.2. The van der Waals surface area contributed by atoms with E-state index in [9.17, 15) is 0 Å². The first kappa shape index (κ1) is 25.5. The van der Waals surface area contributed by atoms with Gasteiger partial charge in [0.2, 0.25) is 0 Å². The van der Waals surface area contributed by atoms with Crippen LogP contribution >= 0.6 is 23.8 Å². The molecular formula is C28H36ClN5OS. The van der Waals surface area contributed by atoms with Crippen molar-refractivity contribution in [1.29, 1.82) is 0 Å². The summed E-state index contributed by atoms with van der Waals surface area (Å²) in [5, 5.41) is 5.10. The number of hydrogen-bond acceptors (Lipinski definition) is 5. The average Bonchev–Trinajstić information content (AvgIpc) is 3.19. The molecule has 2 atom stereocenters. The van der Waals surface area contributed by atoms with Gasteiger partial charge in [-0.05, 0) is 74.8 Å². The minimum atomic E-state index is -0.0697. The number of rotatable bonds is 6. The summed E-state index contributed by atoms with van der Waals surface area (Å²) in [6, 6.07) is 10.3. The van der Waals surface area contributed by atoms with E-state index in [1.54, 1.807) is 0 Å². The third-order valence-electron chi connectivity index (χ3n) is 7.83. The monoisotopic (exact) mass is 525 g/mol. The lowest BCUT2D eigenvalue weighted by atomic mass is 9.86. The number of benzene rings is 1. The molecule has 4 heterocycles. The zero-order valence-corrected chi connectivity index (χ0v) is 23.2. The molecule has 0 spiro atoms. The number of allylic oxidation sites excluding steroid dienone is 1. The van der Waals surface area contributed by atoms with E-state index >= 15 is 0 Å². The van der Waals surface area contributed by atoms with Crippen LogP contribution in [0.3, 0.4) is 0 Å². The van der Waals surface area contributed by atoms with Gasteiger partial charge in [0.05, 0.1) is 36.5 Å². The van der Waals surface area contributed by atoms with Gasteiger partial charge in [-0.1, -0.05) is 23.7 Å². The Balaban J connectivity index is 1.50. The lowest BCUT2D eigenvalue weighted by Crippen LogP contribution is -2.42. The van der Waals surface area contributed by atoms with Crippen LogP contribution in [0.15, 0.2) is 42.6 Å². The Kier molecular flexibility index (Phi) is 7.27. The molecule has 1 aromatic carbocycles. The van der Waals surface area contributed by atoms with Crippen LogP contribution in [0, 0.1) is 0 Å². The van der Waals surface area contributed by atoms with Gasteiger partial charge in [0.1, 0.15) is 0 Å². The maximum atomic E-state index is 7.08. The van der Waals surface area contributed by atoms with Crippen LogP contribution in [-0.2, 0) is 4.74 Å². The van der Waals surface area contributed by atoms with Crippen LogP contribution in [0.5, 0.6) is 0 Å². The van der Waals surface area contributed by atoms with E-state index in [1.165, 1.54) is 11.1 Å². The summed E-state index contributed by atoms with van der Waals surface area (Å²) < 4.78 is 5.51. The number of hydrogen-bond donors (Lipinski definition) is 1. The van der Waals surface area contributed by atoms with Gasteiger partial charge < -0.3 is 19.9 Å². The molecule has 0 radical (unpaired) electrons. The molecular weight excluding hydrogens is 490 g/mol. The molecule has 0 aliphatic carbocycles. The summed E-state index contributed by atoms with van der Waals surface area (Å²) in [6.07, 6.45) is 5.20. The molecule has 0 saturated carbocycles. The van der Waals surface area contributed by atoms with E-state index in [0.29, 0.717) is 0 Å². The second kappa shape index (κ2) is 10.3. The van der Waals surface area contributed by atoms with Crippen molar-refractivity contribution in [2.45, 2.75) is 44.8 Å². The number of halogens is 1. The van der Waals surface area contributed by atoms with Crippen molar-refractivity contribution in [3.05, 3.63) is 64.4 Å². The van der Waals surface area contributed by atoms with E-state index in [1.807, 2.05) is 18.3 Å². The standard InChI is InChI=1S/C28H36ClN5OS/c1-19-18-28(2,3)32(4)24-17-22(29)21(16-20(19)24)26-25(23-8-5-6-9-30-23)31-27(36)34(26)11-7-10-33-12-14-35-15-13-33/h5-6,8-9,16-18,25-26H,7,10-15H2,1-4H3,(H,31,36)/t25-,26+/m0/s1. The minimum absolute atomic E-state index is 0.0390. The Morgan fingerprint density at radius 2 is 1.97 bits per heavy atom. The second-order valence-corrected chi connectivity index (χ2v) is 11.4. The molecule has 2 aromatic rings. The predicted octanol–water partition coefficient (Wildman–Crippen LogP) is 5.06. The van der Waals surface area contributed by atoms with Crippen LogP contribution in [0.2, 0.25) is 5.02 Å². The highest BCUT2D eigenvalue weighted by Gasteiger charge is 2.41. The normalized spacial score (nSPS) is 23.9. The number of aromatic nitrogens is 1. The summed E-state index contributed by atoms with van der Waals surface area (Å²) in [5.41, 5.74) is 5.65. The molecule has 6 nitrogen and oxygen atoms in total. The van der Waals surface area contributed by atoms with Crippen molar-refractivity contribution in [1.82, 2.24) is 20.1 Å². The number of fused-ring (bicyclic) bond motifs is 1. The van der Waals surface area contributed by atoms with Gasteiger partial charge in [0.25, 0.3) is 0 Å². The Morgan fingerprint density at radius 1 is 1.19 bits per heavy atom. The highest BCUT2D eigenvalue weighted by Crippen LogP contribution is 2.46. The third-order valence-corrected chi connectivity index (χ3v) is 8.51. The summed E-state index contributed by atoms with van der Waals surface area (Å²) in [4.78, 5) is 11.8. The number of nitrogens with zero attached hydrogens (tertiary/aromatic N) is 4. The van der Waals surface area contributed by atoms with Crippen LogP contribution < -0.4 is 10.2 Å². The van der Waals surface area contributed by atoms with E-state index in [0.717, 1.165) is 72.9 Å². The molecule has 0 unspecified atom stereocenters. The van der Waals surface area contributed by atoms with Crippen molar-refractivity contribution >= 4 is 40.2 Å². The predicted molar refractivity (Wildman–Crippen MR) is 152 cm³/mol. The van der Waals surface area contributed by atoms with Crippen LogP contribution in [-0.4, -0.2) is 71.9 Å². The zero-order chi connectivity index (χ0) is 25.4. The van der Waals surface area contributed by atoms with Gasteiger partial charge in [0, 0.05) is 55.7 Å². The van der Waals surface area contributed by atoms with Gasteiger partial charge in [-0.25, -0.2) is 0 Å². The van der Waals surface area contributed by atoms with Crippen molar-refractivity contribution in [2.24, 2.45) is 0 Å². The number of nitrogens with one attached hydrogen (secondary N) is 1. The van der Waals surface area contributed by atoms with Gasteiger partial charge >= 0.3 is 0 Å². The molecule has 0 bridgehead atoms. The molecule has 3 aliphatic rings. The highest BCUT2D eigenvalue weighted by atomic mass is 35.5. The number of anilines is 1. The molecule has 2 fully saturated rings. The number of likely N-dealkylation sites (N-methyl/N-ethyl adjacent to an activating group) is 1. The highest BCUT2D eigenvalue weighted by molar-refractivity contribution is 7.80. The van der Waals surface area contributed by atoms with Crippen LogP contribution in [0.25, 0.3) is 5.57 Å². The molecule has 3 aliphatic heterocycles. The molecule has 2 saturated heterocycles. The van der Waals surface area contributed by atoms with Crippen molar-refractivity contribution in [2.75, 3.05) is 51.3 Å². The number of thiocarbonyl (C=S) groups is 1.